The van der Waals surface area contributed by atoms with E-state index in [0.29, 0.717) is 0 Å². The Labute approximate surface area is 178 Å². The van der Waals surface area contributed by atoms with Crippen molar-refractivity contribution in [2.45, 2.75) is 66.2 Å². The number of ether oxygens (including phenoxy) is 2. The first-order chi connectivity index (χ1) is 13.3. The number of hydrogen-bond acceptors (Lipinski definition) is 3. The molecule has 0 amide bonds. The maximum Gasteiger partial charge on any atom is 0.132 e. The Balaban J connectivity index is 2.86. The molecular formula is C25H37O3P. The summed E-state index contributed by atoms with van der Waals surface area (Å²) < 4.78 is 18.1. The van der Waals surface area contributed by atoms with Crippen LogP contribution in [0.3, 0.4) is 0 Å². The van der Waals surface area contributed by atoms with Gasteiger partial charge >= 0.3 is 0 Å². The first-order valence-corrected chi connectivity index (χ1v) is 11.3. The third-order valence-corrected chi connectivity index (χ3v) is 6.98. The molecule has 0 bridgehead atoms. The fourth-order valence-electron chi connectivity index (χ4n) is 3.68. The zero-order valence-electron chi connectivity index (χ0n) is 20.0. The molecule has 0 aliphatic heterocycles. The first-order valence-electron chi connectivity index (χ1n) is 10.1. The predicted molar refractivity (Wildman–Crippen MR) is 126 cm³/mol. The zero-order chi connectivity index (χ0) is 22.1. The van der Waals surface area contributed by atoms with Gasteiger partial charge in [-0.05, 0) is 47.9 Å². The van der Waals surface area contributed by atoms with Crippen molar-refractivity contribution in [2.24, 2.45) is 0 Å². The number of rotatable bonds is 5. The van der Waals surface area contributed by atoms with E-state index in [1.807, 2.05) is 0 Å². The molecule has 2 aromatic carbocycles. The molecule has 29 heavy (non-hydrogen) atoms. The molecule has 0 saturated heterocycles. The van der Waals surface area contributed by atoms with Gasteiger partial charge in [0, 0.05) is 28.8 Å². The van der Waals surface area contributed by atoms with Crippen molar-refractivity contribution >= 4 is 18.8 Å². The van der Waals surface area contributed by atoms with Gasteiger partial charge < -0.3 is 14.0 Å². The topological polar surface area (TPSA) is 27.7 Å². The van der Waals surface area contributed by atoms with Crippen LogP contribution < -0.4 is 20.1 Å². The summed E-state index contributed by atoms with van der Waals surface area (Å²) in [6.07, 6.45) is 0. The molecule has 0 unspecified atom stereocenters. The molecule has 2 rings (SSSR count). The van der Waals surface area contributed by atoms with E-state index in [1.54, 1.807) is 21.3 Å². The molecule has 0 aromatic heterocycles. The maximum atomic E-state index is 6.16. The minimum Gasteiger partial charge on any atom is -0.496 e. The fraction of sp³-hybridized carbons (Fsp3) is 0.520. The van der Waals surface area contributed by atoms with Gasteiger partial charge in [-0.25, -0.2) is 0 Å². The molecule has 160 valence electrons. The highest BCUT2D eigenvalue weighted by molar-refractivity contribution is 7.69. The van der Waals surface area contributed by atoms with E-state index in [2.05, 4.69) is 79.7 Å². The molecule has 0 saturated carbocycles. The summed E-state index contributed by atoms with van der Waals surface area (Å²) in [5.74, 6) is 1.83. The van der Waals surface area contributed by atoms with Crippen molar-refractivity contribution in [3.63, 3.8) is 0 Å². The second-order valence-electron chi connectivity index (χ2n) is 9.71. The van der Waals surface area contributed by atoms with Crippen molar-refractivity contribution in [1.82, 2.24) is 0 Å². The van der Waals surface area contributed by atoms with Crippen LogP contribution in [0.4, 0.5) is 0 Å². The second-order valence-corrected chi connectivity index (χ2v) is 11.6. The Bertz CT molecular complexity index is 802. The summed E-state index contributed by atoms with van der Waals surface area (Å²) in [6, 6.07) is 8.84. The summed E-state index contributed by atoms with van der Waals surface area (Å²) in [4.78, 5) is 0. The number of methoxy groups -OCH3 is 2. The van der Waals surface area contributed by atoms with E-state index in [9.17, 15) is 0 Å². The predicted octanol–water partition coefficient (Wildman–Crippen LogP) is 5.91. The average molecular weight is 417 g/mol. The summed E-state index contributed by atoms with van der Waals surface area (Å²) in [6.45, 7) is 17.6. The third-order valence-electron chi connectivity index (χ3n) is 5.07. The second kappa shape index (κ2) is 8.66. The summed E-state index contributed by atoms with van der Waals surface area (Å²) >= 11 is 0. The Morgan fingerprint density at radius 2 is 0.966 bits per heavy atom. The van der Waals surface area contributed by atoms with E-state index in [1.165, 1.54) is 22.3 Å². The van der Waals surface area contributed by atoms with Gasteiger partial charge in [0.05, 0.1) is 22.4 Å². The van der Waals surface area contributed by atoms with E-state index in [4.69, 9.17) is 14.0 Å². The minimum absolute atomic E-state index is 0.0336. The Hall–Kier alpha value is -1.57. The number of benzene rings is 2. The third kappa shape index (κ3) is 4.95. The van der Waals surface area contributed by atoms with Crippen LogP contribution in [-0.2, 0) is 15.4 Å². The Kier molecular flexibility index (Phi) is 7.08. The lowest BCUT2D eigenvalue weighted by Gasteiger charge is -2.30. The normalized spacial score (nSPS) is 12.4. The van der Waals surface area contributed by atoms with Crippen molar-refractivity contribution in [2.75, 3.05) is 21.3 Å². The molecule has 0 aliphatic rings. The highest BCUT2D eigenvalue weighted by Gasteiger charge is 2.31. The monoisotopic (exact) mass is 416 g/mol. The van der Waals surface area contributed by atoms with E-state index in [-0.39, 0.29) is 10.8 Å². The highest BCUT2D eigenvalue weighted by atomic mass is 31.1. The molecule has 0 atom stereocenters. The fourth-order valence-corrected chi connectivity index (χ4v) is 5.77. The lowest BCUT2D eigenvalue weighted by atomic mass is 9.85. The van der Waals surface area contributed by atoms with Crippen LogP contribution >= 0.6 is 8.15 Å². The van der Waals surface area contributed by atoms with Crippen LogP contribution in [0.25, 0.3) is 0 Å². The van der Waals surface area contributed by atoms with Gasteiger partial charge in [0.1, 0.15) is 11.5 Å². The standard InChI is InChI=1S/C25H37O3P/c1-16-12-18(24(3,4)5)22(26-9)20(14-16)29(28-11)21-15-17(2)13-19(23(21)27-10)25(6,7)8/h12-15H,1-11H3. The van der Waals surface area contributed by atoms with Crippen LogP contribution in [0.1, 0.15) is 63.8 Å². The molecule has 0 spiro atoms. The van der Waals surface area contributed by atoms with Crippen molar-refractivity contribution in [3.05, 3.63) is 46.5 Å². The van der Waals surface area contributed by atoms with Crippen molar-refractivity contribution in [3.8, 4) is 11.5 Å². The van der Waals surface area contributed by atoms with Gasteiger partial charge in [-0.3, -0.25) is 0 Å². The van der Waals surface area contributed by atoms with Gasteiger partial charge in [-0.15, -0.1) is 0 Å². The van der Waals surface area contributed by atoms with Crippen LogP contribution in [0.2, 0.25) is 0 Å². The van der Waals surface area contributed by atoms with Crippen LogP contribution in [0.15, 0.2) is 24.3 Å². The van der Waals surface area contributed by atoms with E-state index >= 15 is 0 Å². The molecule has 4 heteroatoms. The molecule has 0 aliphatic carbocycles. The molecule has 3 nitrogen and oxygen atoms in total. The van der Waals surface area contributed by atoms with Crippen molar-refractivity contribution < 1.29 is 14.0 Å². The average Bonchev–Trinajstić information content (AvgIpc) is 2.60. The molecule has 0 heterocycles. The quantitative estimate of drug-likeness (QED) is 0.567. The zero-order valence-corrected chi connectivity index (χ0v) is 20.9. The van der Waals surface area contributed by atoms with Gasteiger partial charge in [-0.2, -0.15) is 0 Å². The molecule has 0 N–H and O–H groups in total. The van der Waals surface area contributed by atoms with Gasteiger partial charge in [0.15, 0.2) is 0 Å². The molecule has 2 aromatic rings. The van der Waals surface area contributed by atoms with Gasteiger partial charge in [0.25, 0.3) is 0 Å². The summed E-state index contributed by atoms with van der Waals surface area (Å²) in [5.41, 5.74) is 4.74. The summed E-state index contributed by atoms with van der Waals surface area (Å²) in [7, 11) is 4.17. The van der Waals surface area contributed by atoms with Crippen LogP contribution in [0, 0.1) is 13.8 Å². The van der Waals surface area contributed by atoms with Crippen LogP contribution in [0.5, 0.6) is 11.5 Å². The van der Waals surface area contributed by atoms with Crippen molar-refractivity contribution in [1.29, 1.82) is 0 Å². The lowest BCUT2D eigenvalue weighted by molar-refractivity contribution is 0.397. The highest BCUT2D eigenvalue weighted by Crippen LogP contribution is 2.46. The maximum absolute atomic E-state index is 6.16. The smallest absolute Gasteiger partial charge is 0.132 e. The van der Waals surface area contributed by atoms with Crippen LogP contribution in [-0.4, -0.2) is 21.3 Å². The largest absolute Gasteiger partial charge is 0.496 e. The lowest BCUT2D eigenvalue weighted by Crippen LogP contribution is -2.24. The van der Waals surface area contributed by atoms with E-state index < -0.39 is 8.15 Å². The van der Waals surface area contributed by atoms with Gasteiger partial charge in [-0.1, -0.05) is 53.7 Å². The molecule has 0 radical (unpaired) electrons. The summed E-state index contributed by atoms with van der Waals surface area (Å²) in [5, 5.41) is 2.19. The number of aryl methyl sites for hydroxylation is 2. The van der Waals surface area contributed by atoms with Gasteiger partial charge in [0.2, 0.25) is 0 Å². The molecule has 0 fully saturated rings. The number of hydrogen-bond donors (Lipinski definition) is 0. The SMILES string of the molecule is COc1c(P(OC)c2cc(C)cc(C(C)(C)C)c2OC)cc(C)cc1C(C)(C)C. The minimum atomic E-state index is -1.11. The Morgan fingerprint density at radius 3 is 1.21 bits per heavy atom. The Morgan fingerprint density at radius 1 is 0.621 bits per heavy atom. The van der Waals surface area contributed by atoms with E-state index in [0.717, 1.165) is 22.1 Å². The molecular weight excluding hydrogens is 379 g/mol. The first kappa shape index (κ1) is 23.7.